The number of aromatic amines is 1. The lowest BCUT2D eigenvalue weighted by atomic mass is 10.1. The van der Waals surface area contributed by atoms with Gasteiger partial charge >= 0.3 is 0 Å². The Morgan fingerprint density at radius 2 is 2.22 bits per heavy atom. The SMILES string of the molecule is OC1CCC(CNCc2cccc3cc[nH]c23)C1. The van der Waals surface area contributed by atoms with Crippen LogP contribution in [0.2, 0.25) is 0 Å². The molecule has 1 aliphatic rings. The van der Waals surface area contributed by atoms with Crippen LogP contribution in [-0.2, 0) is 6.54 Å². The Labute approximate surface area is 107 Å². The molecule has 96 valence electrons. The van der Waals surface area contributed by atoms with Crippen LogP contribution >= 0.6 is 0 Å². The van der Waals surface area contributed by atoms with Crippen molar-refractivity contribution in [2.45, 2.75) is 31.9 Å². The van der Waals surface area contributed by atoms with Gasteiger partial charge in [-0.2, -0.15) is 0 Å². The first kappa shape index (κ1) is 11.8. The number of para-hydroxylation sites is 1. The molecular weight excluding hydrogens is 224 g/mol. The van der Waals surface area contributed by atoms with Crippen LogP contribution in [0.3, 0.4) is 0 Å². The number of fused-ring (bicyclic) bond motifs is 1. The van der Waals surface area contributed by atoms with Crippen LogP contribution in [0.1, 0.15) is 24.8 Å². The number of aliphatic hydroxyl groups is 1. The van der Waals surface area contributed by atoms with E-state index in [0.29, 0.717) is 5.92 Å². The first-order chi connectivity index (χ1) is 8.83. The lowest BCUT2D eigenvalue weighted by Gasteiger charge is -2.11. The molecule has 0 amide bonds. The van der Waals surface area contributed by atoms with E-state index in [1.165, 1.54) is 16.5 Å². The van der Waals surface area contributed by atoms with Crippen molar-refractivity contribution in [2.75, 3.05) is 6.54 Å². The molecule has 0 radical (unpaired) electrons. The van der Waals surface area contributed by atoms with Crippen molar-refractivity contribution >= 4 is 10.9 Å². The van der Waals surface area contributed by atoms with Crippen LogP contribution in [0.15, 0.2) is 30.5 Å². The molecule has 0 saturated heterocycles. The smallest absolute Gasteiger partial charge is 0.0543 e. The second-order valence-corrected chi connectivity index (χ2v) is 5.32. The molecule has 1 aromatic heterocycles. The third-order valence-corrected chi connectivity index (χ3v) is 3.94. The van der Waals surface area contributed by atoms with Gasteiger partial charge in [-0.25, -0.2) is 0 Å². The second kappa shape index (κ2) is 5.12. The fourth-order valence-corrected chi connectivity index (χ4v) is 2.94. The van der Waals surface area contributed by atoms with Gasteiger partial charge in [0.2, 0.25) is 0 Å². The summed E-state index contributed by atoms with van der Waals surface area (Å²) in [4.78, 5) is 3.29. The molecular formula is C15H20N2O. The normalized spacial score (nSPS) is 23.8. The Bertz CT molecular complexity index is 520. The minimum absolute atomic E-state index is 0.0661. The highest BCUT2D eigenvalue weighted by molar-refractivity contribution is 5.82. The number of nitrogens with one attached hydrogen (secondary N) is 2. The van der Waals surface area contributed by atoms with E-state index in [1.54, 1.807) is 0 Å². The molecule has 1 saturated carbocycles. The van der Waals surface area contributed by atoms with Crippen LogP contribution in [0.5, 0.6) is 0 Å². The lowest BCUT2D eigenvalue weighted by molar-refractivity contribution is 0.177. The van der Waals surface area contributed by atoms with Gasteiger partial charge < -0.3 is 15.4 Å². The molecule has 0 bridgehead atoms. The predicted molar refractivity (Wildman–Crippen MR) is 73.4 cm³/mol. The van der Waals surface area contributed by atoms with E-state index in [-0.39, 0.29) is 6.10 Å². The van der Waals surface area contributed by atoms with E-state index in [0.717, 1.165) is 32.4 Å². The van der Waals surface area contributed by atoms with E-state index in [9.17, 15) is 5.11 Å². The van der Waals surface area contributed by atoms with E-state index in [2.05, 4.69) is 34.6 Å². The van der Waals surface area contributed by atoms with Crippen molar-refractivity contribution < 1.29 is 5.11 Å². The zero-order valence-corrected chi connectivity index (χ0v) is 10.5. The minimum Gasteiger partial charge on any atom is -0.393 e. The number of aromatic nitrogens is 1. The second-order valence-electron chi connectivity index (χ2n) is 5.32. The molecule has 2 aromatic rings. The quantitative estimate of drug-likeness (QED) is 0.773. The molecule has 1 heterocycles. The molecule has 2 unspecified atom stereocenters. The molecule has 1 aromatic carbocycles. The molecule has 18 heavy (non-hydrogen) atoms. The van der Waals surface area contributed by atoms with Gasteiger partial charge in [-0.1, -0.05) is 18.2 Å². The number of rotatable bonds is 4. The van der Waals surface area contributed by atoms with Gasteiger partial charge in [0, 0.05) is 18.3 Å². The third-order valence-electron chi connectivity index (χ3n) is 3.94. The van der Waals surface area contributed by atoms with Gasteiger partial charge in [0.25, 0.3) is 0 Å². The molecule has 3 nitrogen and oxygen atoms in total. The number of H-pyrrole nitrogens is 1. The number of hydrogen-bond acceptors (Lipinski definition) is 2. The molecule has 0 spiro atoms. The molecule has 3 heteroatoms. The summed E-state index contributed by atoms with van der Waals surface area (Å²) < 4.78 is 0. The van der Waals surface area contributed by atoms with Crippen molar-refractivity contribution in [3.63, 3.8) is 0 Å². The predicted octanol–water partition coefficient (Wildman–Crippen LogP) is 2.42. The largest absolute Gasteiger partial charge is 0.393 e. The lowest BCUT2D eigenvalue weighted by Crippen LogP contribution is -2.21. The van der Waals surface area contributed by atoms with E-state index < -0.39 is 0 Å². The van der Waals surface area contributed by atoms with Gasteiger partial charge in [0.15, 0.2) is 0 Å². The fourth-order valence-electron chi connectivity index (χ4n) is 2.94. The van der Waals surface area contributed by atoms with Crippen molar-refractivity contribution in [3.8, 4) is 0 Å². The highest BCUT2D eigenvalue weighted by Crippen LogP contribution is 2.24. The van der Waals surface area contributed by atoms with Crippen LogP contribution < -0.4 is 5.32 Å². The maximum Gasteiger partial charge on any atom is 0.0543 e. The number of hydrogen-bond donors (Lipinski definition) is 3. The van der Waals surface area contributed by atoms with Crippen molar-refractivity contribution in [2.24, 2.45) is 5.92 Å². The van der Waals surface area contributed by atoms with E-state index in [1.807, 2.05) is 6.20 Å². The summed E-state index contributed by atoms with van der Waals surface area (Å²) in [6.45, 7) is 1.90. The number of aliphatic hydroxyl groups excluding tert-OH is 1. The first-order valence-corrected chi connectivity index (χ1v) is 6.76. The topological polar surface area (TPSA) is 48.0 Å². The van der Waals surface area contributed by atoms with Crippen LogP contribution in [0, 0.1) is 5.92 Å². The summed E-state index contributed by atoms with van der Waals surface area (Å²) >= 11 is 0. The zero-order valence-electron chi connectivity index (χ0n) is 10.5. The fraction of sp³-hybridized carbons (Fsp3) is 0.467. The Morgan fingerprint density at radius 1 is 1.28 bits per heavy atom. The number of benzene rings is 1. The molecule has 1 aliphatic carbocycles. The minimum atomic E-state index is -0.0661. The van der Waals surface area contributed by atoms with Gasteiger partial charge in [-0.15, -0.1) is 0 Å². The summed E-state index contributed by atoms with van der Waals surface area (Å²) in [5.41, 5.74) is 2.55. The van der Waals surface area contributed by atoms with Crippen LogP contribution in [0.4, 0.5) is 0 Å². The van der Waals surface area contributed by atoms with E-state index in [4.69, 9.17) is 0 Å². The van der Waals surface area contributed by atoms with E-state index >= 15 is 0 Å². The first-order valence-electron chi connectivity index (χ1n) is 6.76. The highest BCUT2D eigenvalue weighted by Gasteiger charge is 2.22. The van der Waals surface area contributed by atoms with Gasteiger partial charge in [-0.3, -0.25) is 0 Å². The van der Waals surface area contributed by atoms with Crippen LogP contribution in [-0.4, -0.2) is 22.7 Å². The zero-order chi connectivity index (χ0) is 12.4. The van der Waals surface area contributed by atoms with Crippen molar-refractivity contribution in [1.82, 2.24) is 10.3 Å². The maximum atomic E-state index is 9.50. The molecule has 3 rings (SSSR count). The molecule has 3 N–H and O–H groups in total. The summed E-state index contributed by atoms with van der Waals surface area (Å²) in [5, 5.41) is 14.3. The molecule has 1 fully saturated rings. The standard InChI is InChI=1S/C15H20N2O/c18-14-5-4-11(8-14)9-16-10-13-3-1-2-12-6-7-17-15(12)13/h1-3,6-7,11,14,16-18H,4-5,8-10H2. The third kappa shape index (κ3) is 2.42. The molecule has 2 atom stereocenters. The van der Waals surface area contributed by atoms with Gasteiger partial charge in [-0.05, 0) is 48.7 Å². The van der Waals surface area contributed by atoms with Crippen LogP contribution in [0.25, 0.3) is 10.9 Å². The Hall–Kier alpha value is -1.32. The summed E-state index contributed by atoms with van der Waals surface area (Å²) in [7, 11) is 0. The Balaban J connectivity index is 1.58. The summed E-state index contributed by atoms with van der Waals surface area (Å²) in [5.74, 6) is 0.642. The van der Waals surface area contributed by atoms with Crippen molar-refractivity contribution in [1.29, 1.82) is 0 Å². The monoisotopic (exact) mass is 244 g/mol. The van der Waals surface area contributed by atoms with Gasteiger partial charge in [0.1, 0.15) is 0 Å². The molecule has 0 aliphatic heterocycles. The Morgan fingerprint density at radius 3 is 3.06 bits per heavy atom. The van der Waals surface area contributed by atoms with Gasteiger partial charge in [0.05, 0.1) is 6.10 Å². The summed E-state index contributed by atoms with van der Waals surface area (Å²) in [6, 6.07) is 8.50. The van der Waals surface area contributed by atoms with Crippen molar-refractivity contribution in [3.05, 3.63) is 36.0 Å². The summed E-state index contributed by atoms with van der Waals surface area (Å²) in [6.07, 6.45) is 5.00. The maximum absolute atomic E-state index is 9.50. The highest BCUT2D eigenvalue weighted by atomic mass is 16.3. The average molecular weight is 244 g/mol. The Kier molecular flexibility index (Phi) is 3.35. The average Bonchev–Trinajstić information content (AvgIpc) is 2.98.